The summed E-state index contributed by atoms with van der Waals surface area (Å²) in [5, 5.41) is 16.9. The Bertz CT molecular complexity index is 374. The number of aliphatic hydroxyl groups is 1. The maximum atomic E-state index is 11.8. The van der Waals surface area contributed by atoms with Crippen molar-refractivity contribution in [3.8, 4) is 0 Å². The largest absolute Gasteiger partial charge is 0.390 e. The van der Waals surface area contributed by atoms with E-state index in [1.807, 2.05) is 17.2 Å². The van der Waals surface area contributed by atoms with Gasteiger partial charge in [-0.25, -0.2) is 0 Å². The molecule has 1 aromatic heterocycles. The molecule has 1 atom stereocenters. The third-order valence-electron chi connectivity index (χ3n) is 3.31. The van der Waals surface area contributed by atoms with E-state index in [4.69, 9.17) is 0 Å². The monoisotopic (exact) mass is 266 g/mol. The summed E-state index contributed by atoms with van der Waals surface area (Å²) < 4.78 is 1.70. The molecule has 2 N–H and O–H groups in total. The quantitative estimate of drug-likeness (QED) is 0.673. The standard InChI is InChI=1S/C13H22N4O2/c18-12(11-17-9-3-5-15-17)10-14-6-4-13(19)16-7-1-2-8-16/h3,5,9,12,14,18H,1-2,4,6-8,10-11H2. The lowest BCUT2D eigenvalue weighted by Gasteiger charge is -2.16. The highest BCUT2D eigenvalue weighted by molar-refractivity contribution is 5.76. The first-order valence-electron chi connectivity index (χ1n) is 6.89. The fourth-order valence-corrected chi connectivity index (χ4v) is 2.28. The highest BCUT2D eigenvalue weighted by Crippen LogP contribution is 2.08. The van der Waals surface area contributed by atoms with Crippen LogP contribution in [0.3, 0.4) is 0 Å². The highest BCUT2D eigenvalue weighted by Gasteiger charge is 2.17. The van der Waals surface area contributed by atoms with Crippen LogP contribution in [0, 0.1) is 0 Å². The summed E-state index contributed by atoms with van der Waals surface area (Å²) in [6.07, 6.45) is 5.79. The molecule has 0 aromatic carbocycles. The first-order valence-corrected chi connectivity index (χ1v) is 6.89. The van der Waals surface area contributed by atoms with Crippen molar-refractivity contribution in [1.82, 2.24) is 20.0 Å². The second-order valence-corrected chi connectivity index (χ2v) is 4.92. The van der Waals surface area contributed by atoms with Gasteiger partial charge < -0.3 is 15.3 Å². The first kappa shape index (κ1) is 14.0. The molecular formula is C13H22N4O2. The molecule has 0 bridgehead atoms. The molecule has 106 valence electrons. The molecule has 6 nitrogen and oxygen atoms in total. The van der Waals surface area contributed by atoms with E-state index in [0.717, 1.165) is 25.9 Å². The van der Waals surface area contributed by atoms with E-state index in [9.17, 15) is 9.90 Å². The molecule has 1 aromatic rings. The van der Waals surface area contributed by atoms with E-state index in [-0.39, 0.29) is 5.91 Å². The van der Waals surface area contributed by atoms with E-state index in [2.05, 4.69) is 10.4 Å². The van der Waals surface area contributed by atoms with Gasteiger partial charge in [-0.2, -0.15) is 5.10 Å². The number of rotatable bonds is 7. The lowest BCUT2D eigenvalue weighted by Crippen LogP contribution is -2.34. The zero-order valence-corrected chi connectivity index (χ0v) is 11.2. The smallest absolute Gasteiger partial charge is 0.223 e. The van der Waals surface area contributed by atoms with Crippen molar-refractivity contribution in [3.05, 3.63) is 18.5 Å². The molecule has 2 heterocycles. The fourth-order valence-electron chi connectivity index (χ4n) is 2.28. The second kappa shape index (κ2) is 7.25. The van der Waals surface area contributed by atoms with Gasteiger partial charge in [0, 0.05) is 45.0 Å². The van der Waals surface area contributed by atoms with Gasteiger partial charge in [0.2, 0.25) is 5.91 Å². The van der Waals surface area contributed by atoms with Gasteiger partial charge in [0.1, 0.15) is 0 Å². The van der Waals surface area contributed by atoms with Crippen LogP contribution >= 0.6 is 0 Å². The maximum absolute atomic E-state index is 11.8. The average molecular weight is 266 g/mol. The summed E-state index contributed by atoms with van der Waals surface area (Å²) in [5.74, 6) is 0.214. The molecule has 1 aliphatic heterocycles. The van der Waals surface area contributed by atoms with E-state index in [0.29, 0.717) is 26.1 Å². The van der Waals surface area contributed by atoms with Crippen molar-refractivity contribution < 1.29 is 9.90 Å². The number of carbonyl (C=O) groups is 1. The summed E-state index contributed by atoms with van der Waals surface area (Å²) >= 11 is 0. The molecule has 1 aliphatic rings. The predicted molar refractivity (Wildman–Crippen MR) is 71.5 cm³/mol. The highest BCUT2D eigenvalue weighted by atomic mass is 16.3. The van der Waals surface area contributed by atoms with Gasteiger partial charge in [-0.15, -0.1) is 0 Å². The number of amides is 1. The molecule has 0 saturated carbocycles. The minimum atomic E-state index is -0.484. The van der Waals surface area contributed by atoms with Crippen molar-refractivity contribution in [1.29, 1.82) is 0 Å². The van der Waals surface area contributed by atoms with Gasteiger partial charge in [0.15, 0.2) is 0 Å². The second-order valence-electron chi connectivity index (χ2n) is 4.92. The summed E-state index contributed by atoms with van der Waals surface area (Å²) in [7, 11) is 0. The minimum Gasteiger partial charge on any atom is -0.390 e. The number of hydrogen-bond acceptors (Lipinski definition) is 4. The fraction of sp³-hybridized carbons (Fsp3) is 0.692. The van der Waals surface area contributed by atoms with Crippen molar-refractivity contribution >= 4 is 5.91 Å². The zero-order valence-electron chi connectivity index (χ0n) is 11.2. The molecule has 0 spiro atoms. The lowest BCUT2D eigenvalue weighted by molar-refractivity contribution is -0.130. The summed E-state index contributed by atoms with van der Waals surface area (Å²) in [4.78, 5) is 13.7. The molecule has 1 saturated heterocycles. The number of nitrogens with zero attached hydrogens (tertiary/aromatic N) is 3. The number of likely N-dealkylation sites (tertiary alicyclic amines) is 1. The molecule has 19 heavy (non-hydrogen) atoms. The number of carbonyl (C=O) groups excluding carboxylic acids is 1. The van der Waals surface area contributed by atoms with E-state index >= 15 is 0 Å². The van der Waals surface area contributed by atoms with E-state index in [1.165, 1.54) is 0 Å². The van der Waals surface area contributed by atoms with Crippen LogP contribution in [0.4, 0.5) is 0 Å². The van der Waals surface area contributed by atoms with Crippen molar-refractivity contribution in [3.63, 3.8) is 0 Å². The number of nitrogens with one attached hydrogen (secondary N) is 1. The van der Waals surface area contributed by atoms with Crippen molar-refractivity contribution in [2.45, 2.75) is 31.9 Å². The number of aromatic nitrogens is 2. The normalized spacial score (nSPS) is 16.8. The van der Waals surface area contributed by atoms with Crippen molar-refractivity contribution in [2.24, 2.45) is 0 Å². The van der Waals surface area contributed by atoms with Gasteiger partial charge in [0.05, 0.1) is 12.6 Å². The zero-order chi connectivity index (χ0) is 13.5. The molecule has 1 amide bonds. The Kier molecular flexibility index (Phi) is 5.35. The Morgan fingerprint density at radius 1 is 1.42 bits per heavy atom. The first-order chi connectivity index (χ1) is 9.25. The van der Waals surface area contributed by atoms with Gasteiger partial charge in [-0.3, -0.25) is 9.48 Å². The van der Waals surface area contributed by atoms with Gasteiger partial charge in [0.25, 0.3) is 0 Å². The molecule has 6 heteroatoms. The Morgan fingerprint density at radius 2 is 2.21 bits per heavy atom. The van der Waals surface area contributed by atoms with Crippen LogP contribution in [0.5, 0.6) is 0 Å². The topological polar surface area (TPSA) is 70.4 Å². The van der Waals surface area contributed by atoms with Gasteiger partial charge >= 0.3 is 0 Å². The third-order valence-corrected chi connectivity index (χ3v) is 3.31. The number of hydrogen-bond donors (Lipinski definition) is 2. The Morgan fingerprint density at radius 3 is 2.89 bits per heavy atom. The lowest BCUT2D eigenvalue weighted by atomic mass is 10.3. The molecule has 0 aliphatic carbocycles. The van der Waals surface area contributed by atoms with Crippen LogP contribution in [0.1, 0.15) is 19.3 Å². The summed E-state index contributed by atoms with van der Waals surface area (Å²) in [6, 6.07) is 1.83. The van der Waals surface area contributed by atoms with E-state index < -0.39 is 6.10 Å². The predicted octanol–water partition coefficient (Wildman–Crippen LogP) is -0.154. The van der Waals surface area contributed by atoms with Crippen LogP contribution < -0.4 is 5.32 Å². The Labute approximate surface area is 113 Å². The molecule has 1 fully saturated rings. The molecule has 1 unspecified atom stereocenters. The summed E-state index contributed by atoms with van der Waals surface area (Å²) in [6.45, 7) is 3.38. The third kappa shape index (κ3) is 4.65. The molecule has 0 radical (unpaired) electrons. The van der Waals surface area contributed by atoms with Crippen LogP contribution in [-0.4, -0.2) is 58.0 Å². The van der Waals surface area contributed by atoms with E-state index in [1.54, 1.807) is 10.9 Å². The SMILES string of the molecule is O=C(CCNCC(O)Cn1cccn1)N1CCCC1. The van der Waals surface area contributed by atoms with Crippen LogP contribution in [0.15, 0.2) is 18.5 Å². The average Bonchev–Trinajstić information content (AvgIpc) is 3.06. The van der Waals surface area contributed by atoms with Crippen molar-refractivity contribution in [2.75, 3.05) is 26.2 Å². The van der Waals surface area contributed by atoms with Crippen LogP contribution in [-0.2, 0) is 11.3 Å². The molecular weight excluding hydrogens is 244 g/mol. The Balaban J connectivity index is 1.54. The maximum Gasteiger partial charge on any atom is 0.223 e. The Hall–Kier alpha value is -1.40. The minimum absolute atomic E-state index is 0.214. The van der Waals surface area contributed by atoms with Gasteiger partial charge in [-0.1, -0.05) is 0 Å². The molecule has 2 rings (SSSR count). The summed E-state index contributed by atoms with van der Waals surface area (Å²) in [5.41, 5.74) is 0. The van der Waals surface area contributed by atoms with Crippen LogP contribution in [0.25, 0.3) is 0 Å². The number of aliphatic hydroxyl groups excluding tert-OH is 1. The van der Waals surface area contributed by atoms with Crippen LogP contribution in [0.2, 0.25) is 0 Å². The van der Waals surface area contributed by atoms with Gasteiger partial charge in [-0.05, 0) is 18.9 Å².